The van der Waals surface area contributed by atoms with E-state index in [9.17, 15) is 4.79 Å². The first-order valence-electron chi connectivity index (χ1n) is 8.73. The first kappa shape index (κ1) is 22.0. The van der Waals surface area contributed by atoms with Crippen LogP contribution >= 0.6 is 12.4 Å². The van der Waals surface area contributed by atoms with Crippen LogP contribution in [0.3, 0.4) is 0 Å². The van der Waals surface area contributed by atoms with Crippen LogP contribution in [0.2, 0.25) is 0 Å². The minimum atomic E-state index is -0.212. The molecular formula is C20H31ClN4O. The minimum absolute atomic E-state index is 0. The van der Waals surface area contributed by atoms with Gasteiger partial charge >= 0.3 is 0 Å². The zero-order valence-corrected chi connectivity index (χ0v) is 17.4. The van der Waals surface area contributed by atoms with E-state index in [1.165, 1.54) is 0 Å². The van der Waals surface area contributed by atoms with Gasteiger partial charge in [-0.2, -0.15) is 5.10 Å². The Labute approximate surface area is 162 Å². The van der Waals surface area contributed by atoms with E-state index in [2.05, 4.69) is 46.9 Å². The van der Waals surface area contributed by atoms with Crippen molar-refractivity contribution in [2.24, 2.45) is 0 Å². The molecule has 2 aromatic rings. The summed E-state index contributed by atoms with van der Waals surface area (Å²) in [6, 6.07) is 9.62. The van der Waals surface area contributed by atoms with Gasteiger partial charge in [-0.1, -0.05) is 39.0 Å². The molecule has 0 atom stereocenters. The highest BCUT2D eigenvalue weighted by molar-refractivity contribution is 5.90. The maximum Gasteiger partial charge on any atom is 0.225 e. The lowest BCUT2D eigenvalue weighted by atomic mass is 9.92. The van der Waals surface area contributed by atoms with Gasteiger partial charge in [0, 0.05) is 23.6 Å². The monoisotopic (exact) mass is 378 g/mol. The Kier molecular flexibility index (Phi) is 6.88. The summed E-state index contributed by atoms with van der Waals surface area (Å²) >= 11 is 0. The molecule has 1 heterocycles. The number of benzene rings is 1. The van der Waals surface area contributed by atoms with Crippen molar-refractivity contribution in [3.8, 4) is 0 Å². The Bertz CT molecular complexity index is 754. The Morgan fingerprint density at radius 2 is 1.77 bits per heavy atom. The molecule has 1 aromatic heterocycles. The molecule has 0 saturated carbocycles. The Balaban J connectivity index is 0.00000338. The van der Waals surface area contributed by atoms with Gasteiger partial charge in [-0.3, -0.25) is 4.79 Å². The largest absolute Gasteiger partial charge is 0.399 e. The predicted octanol–water partition coefficient (Wildman–Crippen LogP) is 4.51. The Morgan fingerprint density at radius 1 is 1.15 bits per heavy atom. The van der Waals surface area contributed by atoms with Crippen LogP contribution < -0.4 is 11.1 Å². The number of halogens is 1. The molecule has 5 nitrogen and oxygen atoms in total. The Hall–Kier alpha value is -2.01. The molecule has 2 rings (SSSR count). The van der Waals surface area contributed by atoms with Crippen molar-refractivity contribution < 1.29 is 4.79 Å². The van der Waals surface area contributed by atoms with Crippen molar-refractivity contribution in [2.75, 3.05) is 11.1 Å². The average molecular weight is 379 g/mol. The second-order valence-electron chi connectivity index (χ2n) is 8.49. The highest BCUT2D eigenvalue weighted by Gasteiger charge is 2.25. The molecular weight excluding hydrogens is 348 g/mol. The number of nitrogens with zero attached hydrogens (tertiary/aromatic N) is 2. The summed E-state index contributed by atoms with van der Waals surface area (Å²) in [6.07, 6.45) is 1.00. The first-order chi connectivity index (χ1) is 11.5. The maximum absolute atomic E-state index is 12.4. The summed E-state index contributed by atoms with van der Waals surface area (Å²) in [5, 5.41) is 7.74. The van der Waals surface area contributed by atoms with Gasteiger partial charge in [0.25, 0.3) is 0 Å². The van der Waals surface area contributed by atoms with Crippen molar-refractivity contribution in [3.63, 3.8) is 0 Å². The number of nitrogens with one attached hydrogen (secondary N) is 1. The fourth-order valence-electron chi connectivity index (χ4n) is 2.56. The number of anilines is 2. The number of para-hydroxylation sites is 1. The lowest BCUT2D eigenvalue weighted by molar-refractivity contribution is -0.116. The minimum Gasteiger partial charge on any atom is -0.399 e. The van der Waals surface area contributed by atoms with Crippen LogP contribution in [0.4, 0.5) is 11.5 Å². The second kappa shape index (κ2) is 8.12. The van der Waals surface area contributed by atoms with Crippen LogP contribution in [0.1, 0.15) is 59.2 Å². The van der Waals surface area contributed by atoms with Gasteiger partial charge < -0.3 is 11.1 Å². The van der Waals surface area contributed by atoms with Crippen molar-refractivity contribution in [3.05, 3.63) is 41.6 Å². The summed E-state index contributed by atoms with van der Waals surface area (Å²) in [5.74, 6) is 0.706. The molecule has 0 aliphatic heterocycles. The van der Waals surface area contributed by atoms with E-state index in [0.29, 0.717) is 12.8 Å². The SMILES string of the molecule is CC(C)(C)c1cc(NC(=O)CCc2ccccc2N)n(C(C)(C)C)n1.Cl. The van der Waals surface area contributed by atoms with Crippen LogP contribution in [-0.4, -0.2) is 15.7 Å². The van der Waals surface area contributed by atoms with Crippen LogP contribution in [-0.2, 0) is 22.2 Å². The number of carbonyl (C=O) groups is 1. The van der Waals surface area contributed by atoms with E-state index in [1.54, 1.807) is 0 Å². The van der Waals surface area contributed by atoms with Gasteiger partial charge in [0.2, 0.25) is 5.91 Å². The molecule has 0 aliphatic carbocycles. The van der Waals surface area contributed by atoms with Gasteiger partial charge in [-0.25, -0.2) is 4.68 Å². The number of hydrogen-bond donors (Lipinski definition) is 2. The van der Waals surface area contributed by atoms with Gasteiger partial charge in [-0.15, -0.1) is 12.4 Å². The van der Waals surface area contributed by atoms with E-state index < -0.39 is 0 Å². The number of nitrogens with two attached hydrogens (primary N) is 1. The Morgan fingerprint density at radius 3 is 2.31 bits per heavy atom. The molecule has 0 radical (unpaired) electrons. The summed E-state index contributed by atoms with van der Waals surface area (Å²) in [4.78, 5) is 12.4. The molecule has 0 unspecified atom stereocenters. The van der Waals surface area contributed by atoms with Crippen LogP contribution in [0.5, 0.6) is 0 Å². The number of nitrogen functional groups attached to an aromatic ring is 1. The normalized spacial score (nSPS) is 11.8. The third-order valence-corrected chi connectivity index (χ3v) is 4.06. The maximum atomic E-state index is 12.4. The van der Waals surface area contributed by atoms with Crippen molar-refractivity contribution in [2.45, 2.75) is 65.3 Å². The quantitative estimate of drug-likeness (QED) is 0.768. The highest BCUT2D eigenvalue weighted by Crippen LogP contribution is 2.28. The van der Waals surface area contributed by atoms with Crippen LogP contribution in [0.15, 0.2) is 30.3 Å². The predicted molar refractivity (Wildman–Crippen MR) is 111 cm³/mol. The topological polar surface area (TPSA) is 72.9 Å². The van der Waals surface area contributed by atoms with E-state index >= 15 is 0 Å². The molecule has 3 N–H and O–H groups in total. The highest BCUT2D eigenvalue weighted by atomic mass is 35.5. The lowest BCUT2D eigenvalue weighted by Gasteiger charge is -2.23. The smallest absolute Gasteiger partial charge is 0.225 e. The third-order valence-electron chi connectivity index (χ3n) is 4.06. The molecule has 1 aromatic carbocycles. The van der Waals surface area contributed by atoms with Crippen molar-refractivity contribution in [1.82, 2.24) is 9.78 Å². The summed E-state index contributed by atoms with van der Waals surface area (Å²) in [7, 11) is 0. The number of rotatable bonds is 4. The molecule has 0 aliphatic rings. The van der Waals surface area contributed by atoms with Gasteiger partial charge in [0.05, 0.1) is 11.2 Å². The summed E-state index contributed by atoms with van der Waals surface area (Å²) < 4.78 is 1.89. The van der Waals surface area contributed by atoms with Crippen LogP contribution in [0.25, 0.3) is 0 Å². The zero-order chi connectivity index (χ0) is 18.8. The summed E-state index contributed by atoms with van der Waals surface area (Å²) in [5.41, 5.74) is 8.35. The fourth-order valence-corrected chi connectivity index (χ4v) is 2.56. The number of hydrogen-bond acceptors (Lipinski definition) is 3. The number of aromatic nitrogens is 2. The third kappa shape index (κ3) is 5.49. The van der Waals surface area contributed by atoms with Crippen LogP contribution in [0, 0.1) is 0 Å². The molecule has 0 fully saturated rings. The molecule has 144 valence electrons. The lowest BCUT2D eigenvalue weighted by Crippen LogP contribution is -2.27. The van der Waals surface area contributed by atoms with Gasteiger partial charge in [0.1, 0.15) is 5.82 Å². The van der Waals surface area contributed by atoms with Gasteiger partial charge in [-0.05, 0) is 38.8 Å². The molecule has 0 spiro atoms. The van der Waals surface area contributed by atoms with E-state index in [4.69, 9.17) is 10.8 Å². The summed E-state index contributed by atoms with van der Waals surface area (Å²) in [6.45, 7) is 12.6. The second-order valence-corrected chi connectivity index (χ2v) is 8.49. The van der Waals surface area contributed by atoms with Gasteiger partial charge in [0.15, 0.2) is 0 Å². The standard InChI is InChI=1S/C20H30N4O.ClH/c1-19(2,3)16-13-17(24(23-16)20(4,5)6)22-18(25)12-11-14-9-7-8-10-15(14)21;/h7-10,13H,11-12,21H2,1-6H3,(H,22,25);1H. The van der Waals surface area contributed by atoms with Crippen molar-refractivity contribution in [1.29, 1.82) is 0 Å². The number of amides is 1. The average Bonchev–Trinajstić information content (AvgIpc) is 2.90. The molecule has 6 heteroatoms. The van der Waals surface area contributed by atoms with E-state index in [0.717, 1.165) is 22.8 Å². The molecule has 0 bridgehead atoms. The van der Waals surface area contributed by atoms with E-state index in [1.807, 2.05) is 35.0 Å². The van der Waals surface area contributed by atoms with Crippen molar-refractivity contribution >= 4 is 29.8 Å². The zero-order valence-electron chi connectivity index (χ0n) is 16.6. The number of carbonyl (C=O) groups excluding carboxylic acids is 1. The fraction of sp³-hybridized carbons (Fsp3) is 0.500. The molecule has 0 saturated heterocycles. The van der Waals surface area contributed by atoms with E-state index in [-0.39, 0.29) is 29.3 Å². The molecule has 26 heavy (non-hydrogen) atoms. The first-order valence-corrected chi connectivity index (χ1v) is 8.73. The number of aryl methyl sites for hydroxylation is 1. The molecule has 1 amide bonds.